The van der Waals surface area contributed by atoms with Crippen molar-refractivity contribution in [3.63, 3.8) is 0 Å². The van der Waals surface area contributed by atoms with Gasteiger partial charge >= 0.3 is 5.76 Å². The fraction of sp³-hybridized carbons (Fsp3) is 0.350. The van der Waals surface area contributed by atoms with Gasteiger partial charge in [0.15, 0.2) is 0 Å². The zero-order valence-electron chi connectivity index (χ0n) is 14.8. The minimum atomic E-state index is -2.57. The summed E-state index contributed by atoms with van der Waals surface area (Å²) in [6.07, 6.45) is 1.63. The highest BCUT2D eigenvalue weighted by Crippen LogP contribution is 2.23. The Labute approximate surface area is 162 Å². The molecule has 1 saturated heterocycles. The van der Waals surface area contributed by atoms with Gasteiger partial charge in [0.05, 0.1) is 0 Å². The zero-order valence-corrected chi connectivity index (χ0v) is 15.7. The molecule has 1 unspecified atom stereocenters. The molecule has 144 valence electrons. The first-order valence-corrected chi connectivity index (χ1v) is 9.62. The quantitative estimate of drug-likeness (QED) is 0.505. The summed E-state index contributed by atoms with van der Waals surface area (Å²) < 4.78 is 29.3. The van der Waals surface area contributed by atoms with E-state index in [2.05, 4.69) is 17.0 Å². The Balaban J connectivity index is 1.59. The van der Waals surface area contributed by atoms with Gasteiger partial charge in [0, 0.05) is 32.2 Å². The summed E-state index contributed by atoms with van der Waals surface area (Å²) in [6, 6.07) is 17.5. The van der Waals surface area contributed by atoms with Crippen LogP contribution in [0.1, 0.15) is 11.1 Å². The smallest absolute Gasteiger partial charge is 0.319 e. The largest absolute Gasteiger partial charge is 0.420 e. The van der Waals surface area contributed by atoms with E-state index in [0.29, 0.717) is 18.7 Å². The van der Waals surface area contributed by atoms with Crippen LogP contribution in [0.3, 0.4) is 0 Å². The van der Waals surface area contributed by atoms with Crippen molar-refractivity contribution in [3.05, 3.63) is 65.7 Å². The highest BCUT2D eigenvalue weighted by atomic mass is 32.2. The minimum Gasteiger partial charge on any atom is -0.420 e. The maximum atomic E-state index is 12.2. The Hall–Kier alpha value is -2.12. The molecule has 2 aromatic carbocycles. The third-order valence-corrected chi connectivity index (χ3v) is 5.04. The Morgan fingerprint density at radius 1 is 1.07 bits per heavy atom. The highest BCUT2D eigenvalue weighted by Gasteiger charge is 2.26. The van der Waals surface area contributed by atoms with Gasteiger partial charge in [0.2, 0.25) is 6.41 Å². The van der Waals surface area contributed by atoms with Crippen LogP contribution >= 0.6 is 12.0 Å². The normalized spacial score (nSPS) is 17.9. The molecule has 0 bridgehead atoms. The van der Waals surface area contributed by atoms with Crippen LogP contribution in [0.25, 0.3) is 0 Å². The SMILES string of the molecule is O=CN1CCN(Cc2ccccc2)CC1Cc1ccc(OSC(F)F)cc1. The van der Waals surface area contributed by atoms with Crippen molar-refractivity contribution in [3.8, 4) is 5.75 Å². The van der Waals surface area contributed by atoms with Crippen LogP contribution in [0.5, 0.6) is 5.75 Å². The molecule has 1 atom stereocenters. The lowest BCUT2D eigenvalue weighted by Crippen LogP contribution is -2.52. The van der Waals surface area contributed by atoms with Crippen LogP contribution in [-0.4, -0.2) is 47.6 Å². The fourth-order valence-corrected chi connectivity index (χ4v) is 3.58. The Kier molecular flexibility index (Phi) is 7.06. The number of benzene rings is 2. The van der Waals surface area contributed by atoms with Gasteiger partial charge in [-0.2, -0.15) is 8.78 Å². The second kappa shape index (κ2) is 9.71. The average molecular weight is 392 g/mol. The molecule has 1 heterocycles. The van der Waals surface area contributed by atoms with Crippen LogP contribution < -0.4 is 4.18 Å². The molecule has 0 aromatic heterocycles. The number of piperazine rings is 1. The van der Waals surface area contributed by atoms with Crippen molar-refractivity contribution >= 4 is 18.5 Å². The predicted octanol–water partition coefficient (Wildman–Crippen LogP) is 3.82. The summed E-state index contributed by atoms with van der Waals surface area (Å²) in [6.45, 7) is 3.21. The highest BCUT2D eigenvalue weighted by molar-refractivity contribution is 7.95. The van der Waals surface area contributed by atoms with Gasteiger partial charge in [0.25, 0.3) is 0 Å². The lowest BCUT2D eigenvalue weighted by molar-refractivity contribution is -0.122. The number of carbonyl (C=O) groups excluding carboxylic acids is 1. The van der Waals surface area contributed by atoms with Crippen molar-refractivity contribution in [2.45, 2.75) is 24.8 Å². The summed E-state index contributed by atoms with van der Waals surface area (Å²) in [4.78, 5) is 15.6. The second-order valence-corrected chi connectivity index (χ2v) is 7.22. The molecular formula is C20H22F2N2O2S. The van der Waals surface area contributed by atoms with Gasteiger partial charge in [-0.15, -0.1) is 0 Å². The van der Waals surface area contributed by atoms with Crippen LogP contribution in [0.2, 0.25) is 0 Å². The van der Waals surface area contributed by atoms with E-state index in [1.807, 2.05) is 35.2 Å². The van der Waals surface area contributed by atoms with Crippen LogP contribution in [0.4, 0.5) is 8.78 Å². The number of hydrogen-bond donors (Lipinski definition) is 0. The lowest BCUT2D eigenvalue weighted by Gasteiger charge is -2.39. The molecule has 7 heteroatoms. The molecule has 1 aliphatic heterocycles. The van der Waals surface area contributed by atoms with Crippen molar-refractivity contribution in [1.82, 2.24) is 9.80 Å². The molecule has 1 aliphatic rings. The molecule has 1 amide bonds. The summed E-state index contributed by atoms with van der Waals surface area (Å²) in [7, 11) is 0. The van der Waals surface area contributed by atoms with Gasteiger partial charge < -0.3 is 9.08 Å². The zero-order chi connectivity index (χ0) is 19.1. The van der Waals surface area contributed by atoms with Gasteiger partial charge in [-0.05, 0) is 29.7 Å². The molecule has 1 fully saturated rings. The molecule has 0 aliphatic carbocycles. The number of rotatable bonds is 8. The average Bonchev–Trinajstić information content (AvgIpc) is 2.68. The van der Waals surface area contributed by atoms with Gasteiger partial charge in [-0.25, -0.2) is 0 Å². The van der Waals surface area contributed by atoms with Gasteiger partial charge in [-0.3, -0.25) is 9.69 Å². The van der Waals surface area contributed by atoms with E-state index in [-0.39, 0.29) is 18.1 Å². The van der Waals surface area contributed by atoms with E-state index in [1.165, 1.54) is 5.56 Å². The molecular weight excluding hydrogens is 370 g/mol. The van der Waals surface area contributed by atoms with Gasteiger partial charge in [-0.1, -0.05) is 42.5 Å². The third kappa shape index (κ3) is 5.94. The number of nitrogens with zero attached hydrogens (tertiary/aromatic N) is 2. The maximum Gasteiger partial charge on any atom is 0.319 e. The summed E-state index contributed by atoms with van der Waals surface area (Å²) in [5, 5.41) is 0. The minimum absolute atomic E-state index is 0.0853. The Morgan fingerprint density at radius 2 is 1.81 bits per heavy atom. The predicted molar refractivity (Wildman–Crippen MR) is 103 cm³/mol. The monoisotopic (exact) mass is 392 g/mol. The maximum absolute atomic E-state index is 12.2. The molecule has 0 N–H and O–H groups in total. The standard InChI is InChI=1S/C20H22F2N2O2S/c21-20(22)27-26-19-8-6-16(7-9-19)12-18-14-23(10-11-24(18)15-25)13-17-4-2-1-3-5-17/h1-9,15,18,20H,10-14H2. The van der Waals surface area contributed by atoms with E-state index < -0.39 is 5.76 Å². The molecule has 0 saturated carbocycles. The molecule has 27 heavy (non-hydrogen) atoms. The summed E-state index contributed by atoms with van der Waals surface area (Å²) in [5.74, 6) is -2.17. The number of amides is 1. The third-order valence-electron chi connectivity index (χ3n) is 4.61. The van der Waals surface area contributed by atoms with E-state index in [9.17, 15) is 13.6 Å². The summed E-state index contributed by atoms with van der Waals surface area (Å²) in [5.41, 5.74) is 2.30. The van der Waals surface area contributed by atoms with Crippen molar-refractivity contribution in [2.75, 3.05) is 19.6 Å². The number of halogens is 2. The Morgan fingerprint density at radius 3 is 2.48 bits per heavy atom. The van der Waals surface area contributed by atoms with Crippen LogP contribution in [-0.2, 0) is 17.8 Å². The first kappa shape index (κ1) is 19.6. The van der Waals surface area contributed by atoms with Crippen molar-refractivity contribution in [1.29, 1.82) is 0 Å². The number of alkyl halides is 2. The van der Waals surface area contributed by atoms with E-state index >= 15 is 0 Å². The topological polar surface area (TPSA) is 32.8 Å². The van der Waals surface area contributed by atoms with Gasteiger partial charge in [0.1, 0.15) is 17.8 Å². The number of hydrogen-bond acceptors (Lipinski definition) is 4. The fourth-order valence-electron chi connectivity index (χ4n) is 3.28. The van der Waals surface area contributed by atoms with Crippen LogP contribution in [0, 0.1) is 0 Å². The molecule has 2 aromatic rings. The molecule has 0 radical (unpaired) electrons. The first-order chi connectivity index (χ1) is 13.1. The van der Waals surface area contributed by atoms with E-state index in [4.69, 9.17) is 4.18 Å². The summed E-state index contributed by atoms with van der Waals surface area (Å²) >= 11 is 0.137. The Bertz CT molecular complexity index is 716. The molecule has 0 spiro atoms. The van der Waals surface area contributed by atoms with Crippen molar-refractivity contribution < 1.29 is 17.8 Å². The molecule has 3 rings (SSSR count). The molecule has 4 nitrogen and oxygen atoms in total. The van der Waals surface area contributed by atoms with Crippen molar-refractivity contribution in [2.24, 2.45) is 0 Å². The van der Waals surface area contributed by atoms with E-state index in [1.54, 1.807) is 12.1 Å². The first-order valence-electron chi connectivity index (χ1n) is 8.82. The number of carbonyl (C=O) groups is 1. The van der Waals surface area contributed by atoms with E-state index in [0.717, 1.165) is 31.6 Å². The lowest BCUT2D eigenvalue weighted by atomic mass is 10.0. The second-order valence-electron chi connectivity index (χ2n) is 6.51. The van der Waals surface area contributed by atoms with Crippen LogP contribution in [0.15, 0.2) is 54.6 Å².